The number of hydrogen-bond acceptors (Lipinski definition) is 2. The lowest BCUT2D eigenvalue weighted by molar-refractivity contribution is 0.646. The highest BCUT2D eigenvalue weighted by Crippen LogP contribution is 2.46. The predicted octanol–water partition coefficient (Wildman–Crippen LogP) is 3.93. The lowest BCUT2D eigenvalue weighted by atomic mass is 9.71. The van der Waals surface area contributed by atoms with Crippen LogP contribution in [0.25, 0.3) is 0 Å². The Bertz CT molecular complexity index is 613. The monoisotopic (exact) mass is 260 g/mol. The third-order valence-corrected chi connectivity index (χ3v) is 4.31. The Morgan fingerprint density at radius 2 is 1.45 bits per heavy atom. The second-order valence-electron chi connectivity index (χ2n) is 5.27. The maximum absolute atomic E-state index is 9.27. The molecule has 2 aromatic rings. The summed E-state index contributed by atoms with van der Waals surface area (Å²) in [4.78, 5) is 0. The van der Waals surface area contributed by atoms with Gasteiger partial charge in [0.05, 0.1) is 17.4 Å². The van der Waals surface area contributed by atoms with E-state index in [2.05, 4.69) is 30.3 Å². The molecule has 1 aliphatic rings. The van der Waals surface area contributed by atoms with Crippen LogP contribution < -0.4 is 0 Å². The van der Waals surface area contributed by atoms with Crippen molar-refractivity contribution in [2.75, 3.05) is 0 Å². The van der Waals surface area contributed by atoms with E-state index >= 15 is 0 Å². The molecule has 0 heterocycles. The van der Waals surface area contributed by atoms with Crippen molar-refractivity contribution >= 4 is 5.71 Å². The van der Waals surface area contributed by atoms with Crippen LogP contribution in [0.2, 0.25) is 0 Å². The van der Waals surface area contributed by atoms with Gasteiger partial charge in [0, 0.05) is 5.71 Å². The summed E-state index contributed by atoms with van der Waals surface area (Å²) in [6.07, 6.45) is 1.59. The quantitative estimate of drug-likeness (QED) is 0.873. The number of hydrogen-bond donors (Lipinski definition) is 1. The molecule has 0 saturated heterocycles. The normalized spacial score (nSPS) is 20.6. The number of nitriles is 1. The molecule has 3 rings (SSSR count). The summed E-state index contributed by atoms with van der Waals surface area (Å²) in [6, 6.07) is 22.6. The average Bonchev–Trinajstić information content (AvgIpc) is 2.87. The molecule has 0 aliphatic heterocycles. The van der Waals surface area contributed by atoms with E-state index in [4.69, 9.17) is 5.41 Å². The summed E-state index contributed by atoms with van der Waals surface area (Å²) in [6.45, 7) is 0. The molecule has 1 saturated carbocycles. The van der Waals surface area contributed by atoms with E-state index in [-0.39, 0.29) is 5.92 Å². The van der Waals surface area contributed by atoms with E-state index in [1.165, 1.54) is 0 Å². The summed E-state index contributed by atoms with van der Waals surface area (Å²) in [5, 5.41) is 17.8. The van der Waals surface area contributed by atoms with Crippen molar-refractivity contribution < 1.29 is 0 Å². The van der Waals surface area contributed by atoms with Gasteiger partial charge in [-0.25, -0.2) is 0 Å². The first-order valence-electron chi connectivity index (χ1n) is 6.88. The molecule has 0 spiro atoms. The first-order chi connectivity index (χ1) is 9.79. The molecule has 0 bridgehead atoms. The van der Waals surface area contributed by atoms with Gasteiger partial charge in [0.2, 0.25) is 0 Å². The number of rotatable bonds is 2. The Morgan fingerprint density at radius 1 is 0.950 bits per heavy atom. The Kier molecular flexibility index (Phi) is 3.12. The molecule has 1 atom stereocenters. The molecular weight excluding hydrogens is 244 g/mol. The topological polar surface area (TPSA) is 47.6 Å². The van der Waals surface area contributed by atoms with Crippen LogP contribution in [0, 0.1) is 22.7 Å². The SMILES string of the molecule is N#C[C@H]1CCC(c2ccccc2)(c2ccccc2)C1=N. The van der Waals surface area contributed by atoms with Crippen molar-refractivity contribution in [1.82, 2.24) is 0 Å². The summed E-state index contributed by atoms with van der Waals surface area (Å²) in [7, 11) is 0. The molecule has 1 N–H and O–H groups in total. The second kappa shape index (κ2) is 4.94. The predicted molar refractivity (Wildman–Crippen MR) is 79.7 cm³/mol. The maximum Gasteiger partial charge on any atom is 0.0851 e. The smallest absolute Gasteiger partial charge is 0.0851 e. The minimum absolute atomic E-state index is 0.268. The molecule has 98 valence electrons. The Balaban J connectivity index is 2.21. The van der Waals surface area contributed by atoms with Crippen molar-refractivity contribution in [3.05, 3.63) is 71.8 Å². The molecule has 0 radical (unpaired) electrons. The van der Waals surface area contributed by atoms with Gasteiger partial charge in [0.25, 0.3) is 0 Å². The van der Waals surface area contributed by atoms with Crippen LogP contribution in [-0.2, 0) is 5.41 Å². The van der Waals surface area contributed by atoms with Gasteiger partial charge in [-0.15, -0.1) is 0 Å². The van der Waals surface area contributed by atoms with Gasteiger partial charge >= 0.3 is 0 Å². The van der Waals surface area contributed by atoms with E-state index in [1.54, 1.807) is 0 Å². The van der Waals surface area contributed by atoms with Crippen LogP contribution in [0.3, 0.4) is 0 Å². The zero-order valence-corrected chi connectivity index (χ0v) is 11.2. The highest BCUT2D eigenvalue weighted by molar-refractivity contribution is 6.01. The van der Waals surface area contributed by atoms with Crippen molar-refractivity contribution in [1.29, 1.82) is 10.7 Å². The van der Waals surface area contributed by atoms with Gasteiger partial charge in [-0.2, -0.15) is 5.26 Å². The number of benzene rings is 2. The van der Waals surface area contributed by atoms with Gasteiger partial charge in [0.15, 0.2) is 0 Å². The number of nitrogens with one attached hydrogen (secondary N) is 1. The fourth-order valence-corrected chi connectivity index (χ4v) is 3.28. The lowest BCUT2D eigenvalue weighted by Crippen LogP contribution is -2.34. The van der Waals surface area contributed by atoms with Crippen LogP contribution in [-0.4, -0.2) is 5.71 Å². The van der Waals surface area contributed by atoms with Crippen LogP contribution in [0.1, 0.15) is 24.0 Å². The van der Waals surface area contributed by atoms with E-state index in [1.807, 2.05) is 36.4 Å². The van der Waals surface area contributed by atoms with Crippen molar-refractivity contribution in [3.8, 4) is 6.07 Å². The lowest BCUT2D eigenvalue weighted by Gasteiger charge is -2.31. The van der Waals surface area contributed by atoms with Gasteiger partial charge < -0.3 is 5.41 Å². The summed E-state index contributed by atoms with van der Waals surface area (Å²) in [5.41, 5.74) is 2.35. The zero-order chi connectivity index (χ0) is 14.0. The molecule has 0 amide bonds. The van der Waals surface area contributed by atoms with Crippen LogP contribution in [0.5, 0.6) is 0 Å². The average molecular weight is 260 g/mol. The molecule has 0 unspecified atom stereocenters. The summed E-state index contributed by atoms with van der Waals surface area (Å²) < 4.78 is 0. The first kappa shape index (κ1) is 12.6. The summed E-state index contributed by atoms with van der Waals surface area (Å²) in [5.74, 6) is -0.268. The highest BCUT2D eigenvalue weighted by Gasteiger charge is 2.47. The molecule has 2 heteroatoms. The van der Waals surface area contributed by atoms with Crippen molar-refractivity contribution in [3.63, 3.8) is 0 Å². The largest absolute Gasteiger partial charge is 0.307 e. The van der Waals surface area contributed by atoms with Crippen molar-refractivity contribution in [2.45, 2.75) is 18.3 Å². The van der Waals surface area contributed by atoms with Crippen LogP contribution >= 0.6 is 0 Å². The highest BCUT2D eigenvalue weighted by atomic mass is 14.6. The molecule has 1 fully saturated rings. The van der Waals surface area contributed by atoms with Crippen LogP contribution in [0.15, 0.2) is 60.7 Å². The Hall–Kier alpha value is -2.40. The van der Waals surface area contributed by atoms with Gasteiger partial charge in [-0.1, -0.05) is 60.7 Å². The minimum atomic E-state index is -0.428. The van der Waals surface area contributed by atoms with Gasteiger partial charge in [-0.05, 0) is 24.0 Å². The minimum Gasteiger partial charge on any atom is -0.307 e. The van der Waals surface area contributed by atoms with E-state index < -0.39 is 5.41 Å². The standard InChI is InChI=1S/C18H16N2/c19-13-14-11-12-18(17(14)20,15-7-3-1-4-8-15)16-9-5-2-6-10-16/h1-10,14,20H,11-12H2/t14-/m1/s1. The van der Waals surface area contributed by atoms with Gasteiger partial charge in [0.1, 0.15) is 0 Å². The van der Waals surface area contributed by atoms with E-state index in [0.717, 1.165) is 24.0 Å². The summed E-state index contributed by atoms with van der Waals surface area (Å²) >= 11 is 0. The molecule has 20 heavy (non-hydrogen) atoms. The third kappa shape index (κ3) is 1.75. The fraction of sp³-hybridized carbons (Fsp3) is 0.222. The Morgan fingerprint density at radius 3 is 1.85 bits per heavy atom. The molecule has 2 nitrogen and oxygen atoms in total. The Labute approximate surface area is 119 Å². The molecule has 1 aliphatic carbocycles. The third-order valence-electron chi connectivity index (χ3n) is 4.31. The second-order valence-corrected chi connectivity index (χ2v) is 5.27. The van der Waals surface area contributed by atoms with Crippen molar-refractivity contribution in [2.24, 2.45) is 5.92 Å². The molecule has 2 aromatic carbocycles. The van der Waals surface area contributed by atoms with E-state index in [0.29, 0.717) is 5.71 Å². The molecule has 0 aromatic heterocycles. The maximum atomic E-state index is 9.27. The fourth-order valence-electron chi connectivity index (χ4n) is 3.28. The zero-order valence-electron chi connectivity index (χ0n) is 11.2. The van der Waals surface area contributed by atoms with Gasteiger partial charge in [-0.3, -0.25) is 0 Å². The number of nitrogens with zero attached hydrogens (tertiary/aromatic N) is 1. The first-order valence-corrected chi connectivity index (χ1v) is 6.88. The van der Waals surface area contributed by atoms with E-state index in [9.17, 15) is 5.26 Å². The van der Waals surface area contributed by atoms with Crippen LogP contribution in [0.4, 0.5) is 0 Å². The molecular formula is C18H16N2.